The molecule has 1 aromatic rings. The molecule has 1 amide bonds. The third-order valence-corrected chi connectivity index (χ3v) is 8.29. The second kappa shape index (κ2) is 8.43. The highest BCUT2D eigenvalue weighted by Crippen LogP contribution is 2.52. The maximum Gasteiger partial charge on any atom is 0.457 e. The van der Waals surface area contributed by atoms with Gasteiger partial charge in [0.05, 0.1) is 17.0 Å². The molecule has 2 N–H and O–H groups in total. The Labute approximate surface area is 202 Å². The molecule has 0 radical (unpaired) electrons. The van der Waals surface area contributed by atoms with E-state index in [9.17, 15) is 36.7 Å². The van der Waals surface area contributed by atoms with Gasteiger partial charge in [-0.05, 0) is 30.5 Å². The predicted molar refractivity (Wildman–Crippen MR) is 114 cm³/mol. The fourth-order valence-corrected chi connectivity index (χ4v) is 6.88. The number of alkyl halides is 4. The second-order valence-electron chi connectivity index (χ2n) is 8.29. The molecule has 0 fully saturated rings. The molecular weight excluding hydrogens is 523 g/mol. The third-order valence-electron chi connectivity index (χ3n) is 5.63. The van der Waals surface area contributed by atoms with Crippen molar-refractivity contribution in [3.05, 3.63) is 41.5 Å². The molecular formula is C20H19Cl2F2NO8S. The molecule has 2 aliphatic rings. The van der Waals surface area contributed by atoms with Crippen LogP contribution in [-0.2, 0) is 24.3 Å². The molecule has 0 saturated carbocycles. The normalized spacial score (nSPS) is 28.6. The van der Waals surface area contributed by atoms with Gasteiger partial charge in [0.2, 0.25) is 0 Å². The lowest BCUT2D eigenvalue weighted by molar-refractivity contribution is -0.273. The van der Waals surface area contributed by atoms with Crippen LogP contribution in [0.15, 0.2) is 40.8 Å². The van der Waals surface area contributed by atoms with E-state index in [1.165, 1.54) is 24.3 Å². The quantitative estimate of drug-likeness (QED) is 0.396. The lowest BCUT2D eigenvalue weighted by Crippen LogP contribution is -2.60. The Morgan fingerprint density at radius 3 is 2.35 bits per heavy atom. The first-order valence-electron chi connectivity index (χ1n) is 9.76. The van der Waals surface area contributed by atoms with Crippen molar-refractivity contribution in [3.8, 4) is 0 Å². The summed E-state index contributed by atoms with van der Waals surface area (Å²) in [6.07, 6.45) is -4.42. The van der Waals surface area contributed by atoms with Gasteiger partial charge in [0.1, 0.15) is 10.8 Å². The van der Waals surface area contributed by atoms with Crippen LogP contribution in [0.2, 0.25) is 0 Å². The van der Waals surface area contributed by atoms with Gasteiger partial charge in [-0.3, -0.25) is 14.3 Å². The average molecular weight is 542 g/mol. The van der Waals surface area contributed by atoms with Crippen molar-refractivity contribution < 1.29 is 46.5 Å². The number of halogens is 4. The van der Waals surface area contributed by atoms with E-state index in [4.69, 9.17) is 28.3 Å². The van der Waals surface area contributed by atoms with Crippen molar-refractivity contribution in [2.45, 2.75) is 41.2 Å². The zero-order valence-electron chi connectivity index (χ0n) is 17.7. The lowest BCUT2D eigenvalue weighted by atomic mass is 9.73. The van der Waals surface area contributed by atoms with E-state index in [-0.39, 0.29) is 22.5 Å². The molecule has 0 aromatic heterocycles. The van der Waals surface area contributed by atoms with Crippen molar-refractivity contribution >= 4 is 51.1 Å². The number of rotatable bonds is 7. The molecule has 0 bridgehead atoms. The molecule has 3 rings (SSSR count). The summed E-state index contributed by atoms with van der Waals surface area (Å²) in [6.45, 7) is 2.25. The highest BCUT2D eigenvalue weighted by molar-refractivity contribution is 7.90. The zero-order chi connectivity index (χ0) is 25.9. The number of sulfonamides is 1. The van der Waals surface area contributed by atoms with Crippen LogP contribution in [0.1, 0.15) is 30.6 Å². The molecule has 0 spiro atoms. The molecule has 1 aliphatic carbocycles. The van der Waals surface area contributed by atoms with E-state index in [0.29, 0.717) is 4.31 Å². The SMILES string of the molecule is CC(C)C1=CC(Cl)(OC(F)(F)C(=O)O)C(C(=O)O)C(Cl)(CN2C(=O)c3ccccc3S2(=O)=O)C1. The van der Waals surface area contributed by atoms with Crippen LogP contribution in [-0.4, -0.2) is 63.4 Å². The molecule has 34 heavy (non-hydrogen) atoms. The van der Waals surface area contributed by atoms with Crippen LogP contribution in [0, 0.1) is 11.8 Å². The fourth-order valence-electron chi connectivity index (χ4n) is 4.04. The van der Waals surface area contributed by atoms with Crippen LogP contribution < -0.4 is 0 Å². The number of carbonyl (C=O) groups is 3. The van der Waals surface area contributed by atoms with Gasteiger partial charge in [0.25, 0.3) is 15.9 Å². The van der Waals surface area contributed by atoms with Crippen LogP contribution in [0.25, 0.3) is 0 Å². The summed E-state index contributed by atoms with van der Waals surface area (Å²) < 4.78 is 58.7. The van der Waals surface area contributed by atoms with E-state index in [1.54, 1.807) is 13.8 Å². The molecule has 14 heteroatoms. The van der Waals surface area contributed by atoms with E-state index in [1.807, 2.05) is 0 Å². The van der Waals surface area contributed by atoms with Gasteiger partial charge in [-0.15, -0.1) is 11.6 Å². The van der Waals surface area contributed by atoms with E-state index >= 15 is 0 Å². The summed E-state index contributed by atoms with van der Waals surface area (Å²) >= 11 is 12.9. The molecule has 9 nitrogen and oxygen atoms in total. The Bertz CT molecular complexity index is 1200. The summed E-state index contributed by atoms with van der Waals surface area (Å²) in [6, 6.07) is 5.25. The molecule has 186 valence electrons. The van der Waals surface area contributed by atoms with Crippen molar-refractivity contribution in [3.63, 3.8) is 0 Å². The molecule has 3 atom stereocenters. The molecule has 1 aromatic carbocycles. The average Bonchev–Trinajstić information content (AvgIpc) is 2.87. The molecule has 0 saturated heterocycles. The number of benzene rings is 1. The topological polar surface area (TPSA) is 138 Å². The number of allylic oxidation sites excluding steroid dienone is 1. The van der Waals surface area contributed by atoms with Gasteiger partial charge >= 0.3 is 18.0 Å². The Balaban J connectivity index is 2.14. The lowest BCUT2D eigenvalue weighted by Gasteiger charge is -2.47. The van der Waals surface area contributed by atoms with E-state index < -0.39 is 62.3 Å². The standard InChI is InChI=1S/C20H19Cl2F2NO8S/c1-10(2)11-7-18(21,9-25-15(26)12-5-3-4-6-13(12)34(25,31)32)14(16(27)28)19(22,8-11)33-20(23,24)17(29)30/h3-6,8,10,14H,7,9H2,1-2H3,(H,27,28)(H,29,30). The number of carboxylic acids is 2. The molecule has 3 unspecified atom stereocenters. The Hall–Kier alpha value is -2.28. The first-order chi connectivity index (χ1) is 15.5. The van der Waals surface area contributed by atoms with Crippen LogP contribution in [0.3, 0.4) is 0 Å². The van der Waals surface area contributed by atoms with Gasteiger partial charge < -0.3 is 10.2 Å². The molecule has 1 heterocycles. The van der Waals surface area contributed by atoms with Crippen molar-refractivity contribution in [2.75, 3.05) is 6.54 Å². The minimum atomic E-state index is -4.91. The first kappa shape index (κ1) is 26.3. The summed E-state index contributed by atoms with van der Waals surface area (Å²) in [7, 11) is -4.44. The van der Waals surface area contributed by atoms with E-state index in [0.717, 1.165) is 6.08 Å². The summed E-state index contributed by atoms with van der Waals surface area (Å²) in [5, 5.41) is 15.7. The van der Waals surface area contributed by atoms with E-state index in [2.05, 4.69) is 4.74 Å². The summed E-state index contributed by atoms with van der Waals surface area (Å²) in [5.41, 5.74) is 0.0288. The van der Waals surface area contributed by atoms with Crippen LogP contribution >= 0.6 is 23.2 Å². The largest absolute Gasteiger partial charge is 0.481 e. The van der Waals surface area contributed by atoms with Crippen molar-refractivity contribution in [1.29, 1.82) is 0 Å². The van der Waals surface area contributed by atoms with Crippen LogP contribution in [0.5, 0.6) is 0 Å². The van der Waals surface area contributed by atoms with Gasteiger partial charge in [-0.2, -0.15) is 8.78 Å². The number of carboxylic acid groups (broad SMARTS) is 2. The fraction of sp³-hybridized carbons (Fsp3) is 0.450. The third kappa shape index (κ3) is 4.28. The maximum atomic E-state index is 14.0. The van der Waals surface area contributed by atoms with Gasteiger partial charge in [0, 0.05) is 0 Å². The smallest absolute Gasteiger partial charge is 0.457 e. The number of hydrogen-bond acceptors (Lipinski definition) is 6. The highest BCUT2D eigenvalue weighted by atomic mass is 35.5. The number of nitrogens with zero attached hydrogens (tertiary/aromatic N) is 1. The Morgan fingerprint density at radius 2 is 1.85 bits per heavy atom. The van der Waals surface area contributed by atoms with Gasteiger partial charge in [0.15, 0.2) is 5.06 Å². The minimum Gasteiger partial charge on any atom is -0.481 e. The zero-order valence-corrected chi connectivity index (χ0v) is 20.0. The summed E-state index contributed by atoms with van der Waals surface area (Å²) in [5.74, 6) is -8.34. The van der Waals surface area contributed by atoms with Gasteiger partial charge in [-0.25, -0.2) is 17.5 Å². The highest BCUT2D eigenvalue weighted by Gasteiger charge is 2.63. The second-order valence-corrected chi connectivity index (χ2v) is 11.5. The van der Waals surface area contributed by atoms with Gasteiger partial charge in [-0.1, -0.05) is 43.2 Å². The number of ether oxygens (including phenoxy) is 1. The first-order valence-corrected chi connectivity index (χ1v) is 12.0. The molecule has 1 aliphatic heterocycles. The predicted octanol–water partition coefficient (Wildman–Crippen LogP) is 3.12. The minimum absolute atomic E-state index is 0.170. The number of fused-ring (bicyclic) bond motifs is 1. The number of amides is 1. The van der Waals surface area contributed by atoms with Crippen molar-refractivity contribution in [2.24, 2.45) is 11.8 Å². The Kier molecular flexibility index (Phi) is 6.53. The monoisotopic (exact) mass is 541 g/mol. The van der Waals surface area contributed by atoms with Crippen LogP contribution in [0.4, 0.5) is 8.78 Å². The maximum absolute atomic E-state index is 14.0. The summed E-state index contributed by atoms with van der Waals surface area (Å²) in [4.78, 5) is 33.4. The van der Waals surface area contributed by atoms with Crippen molar-refractivity contribution in [1.82, 2.24) is 4.31 Å². The number of aliphatic carboxylic acids is 2. The number of carbonyl (C=O) groups excluding carboxylic acids is 1. The Morgan fingerprint density at radius 1 is 1.26 bits per heavy atom. The number of hydrogen-bond donors (Lipinski definition) is 2.